The summed E-state index contributed by atoms with van der Waals surface area (Å²) in [5, 5.41) is 0. The standard InChI is InChI=1S/C18H24P.HI/c1-3-19(4-2,15-17-11-7-5-8-12-17)16-18-13-9-6-10-14-18;/h5-14H,3-4,15-16H2,1-2H3;1H/q+1;/p-1. The van der Waals surface area contributed by atoms with Crippen LogP contribution in [0.4, 0.5) is 0 Å². The zero-order valence-electron chi connectivity index (χ0n) is 12.4. The Hall–Kier alpha value is -0.400. The molecule has 108 valence electrons. The minimum atomic E-state index is -0.902. The number of rotatable bonds is 6. The highest BCUT2D eigenvalue weighted by atomic mass is 127. The van der Waals surface area contributed by atoms with Crippen molar-refractivity contribution in [3.63, 3.8) is 0 Å². The van der Waals surface area contributed by atoms with Crippen molar-refractivity contribution in [2.45, 2.75) is 26.2 Å². The predicted octanol–water partition coefficient (Wildman–Crippen LogP) is 2.45. The first-order valence-electron chi connectivity index (χ1n) is 7.21. The van der Waals surface area contributed by atoms with Crippen LogP contribution in [0.3, 0.4) is 0 Å². The predicted molar refractivity (Wildman–Crippen MR) is 88.3 cm³/mol. The summed E-state index contributed by atoms with van der Waals surface area (Å²) in [5.74, 6) is 0. The number of halogens is 1. The van der Waals surface area contributed by atoms with Crippen molar-refractivity contribution in [2.24, 2.45) is 0 Å². The Morgan fingerprint density at radius 2 is 1.00 bits per heavy atom. The highest BCUT2D eigenvalue weighted by Crippen LogP contribution is 2.63. The van der Waals surface area contributed by atoms with E-state index in [0.29, 0.717) is 0 Å². The molecular weight excluding hydrogens is 374 g/mol. The van der Waals surface area contributed by atoms with Gasteiger partial charge in [-0.3, -0.25) is 0 Å². The highest BCUT2D eigenvalue weighted by Gasteiger charge is 2.33. The zero-order valence-corrected chi connectivity index (χ0v) is 15.5. The van der Waals surface area contributed by atoms with Gasteiger partial charge in [0.1, 0.15) is 0 Å². The van der Waals surface area contributed by atoms with Gasteiger partial charge < -0.3 is 24.0 Å². The van der Waals surface area contributed by atoms with Crippen LogP contribution in [0.2, 0.25) is 0 Å². The fourth-order valence-corrected chi connectivity index (χ4v) is 6.09. The fourth-order valence-electron chi connectivity index (χ4n) is 2.67. The Morgan fingerprint density at radius 1 is 0.650 bits per heavy atom. The van der Waals surface area contributed by atoms with E-state index in [-0.39, 0.29) is 24.0 Å². The van der Waals surface area contributed by atoms with E-state index >= 15 is 0 Å². The normalized spacial score (nSPS) is 10.9. The summed E-state index contributed by atoms with van der Waals surface area (Å²) in [6.07, 6.45) is 5.26. The Labute approximate surface area is 141 Å². The molecule has 0 N–H and O–H groups in total. The molecule has 2 heteroatoms. The molecule has 2 aromatic rings. The van der Waals surface area contributed by atoms with Crippen LogP contribution in [-0.2, 0) is 12.3 Å². The van der Waals surface area contributed by atoms with Gasteiger partial charge in [-0.15, -0.1) is 0 Å². The van der Waals surface area contributed by atoms with Gasteiger partial charge in [-0.05, 0) is 25.0 Å². The number of benzene rings is 2. The van der Waals surface area contributed by atoms with Gasteiger partial charge in [0.15, 0.2) is 0 Å². The molecule has 2 rings (SSSR count). The van der Waals surface area contributed by atoms with E-state index in [1.165, 1.54) is 35.8 Å². The van der Waals surface area contributed by atoms with Gasteiger partial charge in [0.2, 0.25) is 0 Å². The van der Waals surface area contributed by atoms with Crippen molar-refractivity contribution in [3.05, 3.63) is 71.8 Å². The molecule has 0 fully saturated rings. The lowest BCUT2D eigenvalue weighted by Gasteiger charge is -2.25. The molecule has 0 radical (unpaired) electrons. The Bertz CT molecular complexity index is 434. The summed E-state index contributed by atoms with van der Waals surface area (Å²) in [5.41, 5.74) is 3.02. The monoisotopic (exact) mass is 398 g/mol. The third-order valence-corrected chi connectivity index (χ3v) is 8.82. The maximum absolute atomic E-state index is 2.38. The molecule has 0 saturated carbocycles. The topological polar surface area (TPSA) is 0 Å². The SMILES string of the molecule is CC[P+](CC)(Cc1ccccc1)Cc1ccccc1.[I-]. The zero-order chi connectivity index (χ0) is 13.6. The van der Waals surface area contributed by atoms with E-state index in [4.69, 9.17) is 0 Å². The third-order valence-electron chi connectivity index (χ3n) is 4.06. The van der Waals surface area contributed by atoms with Gasteiger partial charge in [0.05, 0.1) is 24.6 Å². The minimum absolute atomic E-state index is 0. The summed E-state index contributed by atoms with van der Waals surface area (Å²) in [7, 11) is -0.902. The lowest BCUT2D eigenvalue weighted by molar-refractivity contribution is -0.00000411. The quantitative estimate of drug-likeness (QED) is 0.518. The molecule has 0 amide bonds. The molecule has 0 nitrogen and oxygen atoms in total. The first-order valence-corrected chi connectivity index (χ1v) is 9.74. The molecule has 0 atom stereocenters. The molecule has 0 aromatic heterocycles. The number of hydrogen-bond acceptors (Lipinski definition) is 0. The summed E-state index contributed by atoms with van der Waals surface area (Å²) < 4.78 is 0. The van der Waals surface area contributed by atoms with Crippen molar-refractivity contribution in [3.8, 4) is 0 Å². The van der Waals surface area contributed by atoms with E-state index in [0.717, 1.165) is 0 Å². The Balaban J connectivity index is 0.00000200. The van der Waals surface area contributed by atoms with Crippen molar-refractivity contribution in [1.82, 2.24) is 0 Å². The lowest BCUT2D eigenvalue weighted by atomic mass is 10.2. The molecule has 2 aromatic carbocycles. The molecule has 0 aliphatic rings. The summed E-state index contributed by atoms with van der Waals surface area (Å²) >= 11 is 0. The molecule has 0 bridgehead atoms. The molecular formula is C18H24IP. The average molecular weight is 398 g/mol. The highest BCUT2D eigenvalue weighted by molar-refractivity contribution is 7.74. The van der Waals surface area contributed by atoms with Crippen LogP contribution in [-0.4, -0.2) is 12.3 Å². The second-order valence-electron chi connectivity index (χ2n) is 5.26. The summed E-state index contributed by atoms with van der Waals surface area (Å²) in [4.78, 5) is 0. The first kappa shape index (κ1) is 17.7. The molecule has 0 saturated heterocycles. The Kier molecular flexibility index (Phi) is 7.76. The van der Waals surface area contributed by atoms with E-state index in [9.17, 15) is 0 Å². The molecule has 0 aliphatic carbocycles. The largest absolute Gasteiger partial charge is 1.00 e. The maximum Gasteiger partial charge on any atom is 0.0846 e. The van der Waals surface area contributed by atoms with Gasteiger partial charge in [-0.1, -0.05) is 60.7 Å². The van der Waals surface area contributed by atoms with Crippen molar-refractivity contribution >= 4 is 7.26 Å². The molecule has 20 heavy (non-hydrogen) atoms. The fraction of sp³-hybridized carbons (Fsp3) is 0.333. The second kappa shape index (κ2) is 8.79. The number of hydrogen-bond donors (Lipinski definition) is 0. The van der Waals surface area contributed by atoms with Crippen LogP contribution < -0.4 is 24.0 Å². The van der Waals surface area contributed by atoms with Gasteiger partial charge >= 0.3 is 0 Å². The van der Waals surface area contributed by atoms with Crippen LogP contribution in [0.25, 0.3) is 0 Å². The van der Waals surface area contributed by atoms with Crippen LogP contribution in [0.5, 0.6) is 0 Å². The van der Waals surface area contributed by atoms with E-state index in [1.807, 2.05) is 0 Å². The summed E-state index contributed by atoms with van der Waals surface area (Å²) in [6, 6.07) is 22.0. The smallest absolute Gasteiger partial charge is 0.0846 e. The van der Waals surface area contributed by atoms with Gasteiger partial charge in [0, 0.05) is 7.26 Å². The van der Waals surface area contributed by atoms with Crippen molar-refractivity contribution < 1.29 is 24.0 Å². The molecule has 0 unspecified atom stereocenters. The van der Waals surface area contributed by atoms with Crippen LogP contribution in [0.1, 0.15) is 25.0 Å². The van der Waals surface area contributed by atoms with Crippen molar-refractivity contribution in [1.29, 1.82) is 0 Å². The second-order valence-corrected chi connectivity index (χ2v) is 9.84. The average Bonchev–Trinajstić information content (AvgIpc) is 2.48. The van der Waals surface area contributed by atoms with Crippen LogP contribution in [0.15, 0.2) is 60.7 Å². The summed E-state index contributed by atoms with van der Waals surface area (Å²) in [6.45, 7) is 4.76. The molecule has 0 heterocycles. The lowest BCUT2D eigenvalue weighted by Crippen LogP contribution is -3.00. The molecule has 0 spiro atoms. The van der Waals surface area contributed by atoms with E-state index in [2.05, 4.69) is 74.5 Å². The van der Waals surface area contributed by atoms with Crippen LogP contribution in [0, 0.1) is 0 Å². The third kappa shape index (κ3) is 4.86. The van der Waals surface area contributed by atoms with E-state index < -0.39 is 7.26 Å². The van der Waals surface area contributed by atoms with Gasteiger partial charge in [-0.2, -0.15) is 0 Å². The van der Waals surface area contributed by atoms with Crippen LogP contribution >= 0.6 is 7.26 Å². The molecule has 0 aliphatic heterocycles. The Morgan fingerprint density at radius 3 is 1.30 bits per heavy atom. The minimum Gasteiger partial charge on any atom is -1.00 e. The first-order chi connectivity index (χ1) is 9.28. The van der Waals surface area contributed by atoms with Gasteiger partial charge in [0.25, 0.3) is 0 Å². The maximum atomic E-state index is 2.38. The van der Waals surface area contributed by atoms with Gasteiger partial charge in [-0.25, -0.2) is 0 Å². The van der Waals surface area contributed by atoms with E-state index in [1.54, 1.807) is 0 Å². The van der Waals surface area contributed by atoms with Crippen molar-refractivity contribution in [2.75, 3.05) is 12.3 Å².